The quantitative estimate of drug-likeness (QED) is 0.680. The molecule has 0 aliphatic heterocycles. The van der Waals surface area contributed by atoms with Gasteiger partial charge in [-0.25, -0.2) is 9.97 Å². The fraction of sp³-hybridized carbons (Fsp3) is 0. The largest absolute Gasteiger partial charge is 0.337 e. The van der Waals surface area contributed by atoms with Gasteiger partial charge in [0.15, 0.2) is 5.82 Å². The van der Waals surface area contributed by atoms with Crippen molar-refractivity contribution in [3.05, 3.63) is 42.4 Å². The Kier molecular flexibility index (Phi) is 2.06. The lowest BCUT2D eigenvalue weighted by Gasteiger charge is -1.91. The van der Waals surface area contributed by atoms with E-state index in [9.17, 15) is 0 Å². The molecule has 17 heavy (non-hydrogen) atoms. The summed E-state index contributed by atoms with van der Waals surface area (Å²) in [5.74, 6) is 0.656. The van der Waals surface area contributed by atoms with Crippen molar-refractivity contribution in [2.75, 3.05) is 0 Å². The lowest BCUT2D eigenvalue weighted by molar-refractivity contribution is 1.17. The van der Waals surface area contributed by atoms with Gasteiger partial charge in [-0.05, 0) is 18.2 Å². The number of aromatic amines is 1. The number of aromatic nitrogens is 4. The number of benzene rings is 1. The Balaban J connectivity index is 2.18. The number of imidazole rings is 1. The van der Waals surface area contributed by atoms with Crippen LogP contribution in [0.1, 0.15) is 5.56 Å². The molecule has 5 nitrogen and oxygen atoms in total. The van der Waals surface area contributed by atoms with Crippen LogP contribution in [0.3, 0.4) is 0 Å². The molecule has 2 aromatic heterocycles. The lowest BCUT2D eigenvalue weighted by Crippen LogP contribution is -1.85. The second-order valence-electron chi connectivity index (χ2n) is 3.52. The predicted octanol–water partition coefficient (Wildman–Crippen LogP) is 1.89. The van der Waals surface area contributed by atoms with E-state index in [-0.39, 0.29) is 0 Å². The molecule has 0 spiro atoms. The highest BCUT2D eigenvalue weighted by atomic mass is 15.0. The first-order valence-corrected chi connectivity index (χ1v) is 5.03. The smallest absolute Gasteiger partial charge is 0.158 e. The molecule has 0 aliphatic rings. The Morgan fingerprint density at radius 3 is 2.94 bits per heavy atom. The highest BCUT2D eigenvalue weighted by molar-refractivity contribution is 5.79. The van der Waals surface area contributed by atoms with Crippen LogP contribution in [0.2, 0.25) is 0 Å². The molecule has 0 bridgehead atoms. The van der Waals surface area contributed by atoms with E-state index in [4.69, 9.17) is 5.26 Å². The highest BCUT2D eigenvalue weighted by Gasteiger charge is 2.06. The molecule has 0 saturated heterocycles. The second kappa shape index (κ2) is 3.68. The van der Waals surface area contributed by atoms with Gasteiger partial charge in [-0.1, -0.05) is 0 Å². The maximum Gasteiger partial charge on any atom is 0.158 e. The van der Waals surface area contributed by atoms with Gasteiger partial charge in [0.1, 0.15) is 5.69 Å². The normalized spacial score (nSPS) is 10.3. The zero-order chi connectivity index (χ0) is 11.7. The van der Waals surface area contributed by atoms with Gasteiger partial charge in [-0.2, -0.15) is 5.26 Å². The highest BCUT2D eigenvalue weighted by Crippen LogP contribution is 2.18. The summed E-state index contributed by atoms with van der Waals surface area (Å²) < 4.78 is 0. The summed E-state index contributed by atoms with van der Waals surface area (Å²) in [5.41, 5.74) is 2.92. The van der Waals surface area contributed by atoms with E-state index in [2.05, 4.69) is 26.0 Å². The van der Waals surface area contributed by atoms with E-state index >= 15 is 0 Å². The van der Waals surface area contributed by atoms with Gasteiger partial charge in [0.05, 0.1) is 28.9 Å². The fourth-order valence-electron chi connectivity index (χ4n) is 1.62. The molecule has 0 saturated carbocycles. The number of nitrogens with zero attached hydrogens (tertiary/aromatic N) is 4. The van der Waals surface area contributed by atoms with Gasteiger partial charge in [0.25, 0.3) is 0 Å². The molecule has 0 radical (unpaired) electrons. The topological polar surface area (TPSA) is 78.2 Å². The van der Waals surface area contributed by atoms with Gasteiger partial charge in [-0.15, -0.1) is 0 Å². The molecule has 0 atom stereocenters. The molecular formula is C12H7N5. The van der Waals surface area contributed by atoms with E-state index in [0.717, 1.165) is 11.0 Å². The van der Waals surface area contributed by atoms with Crippen molar-refractivity contribution in [3.63, 3.8) is 0 Å². The van der Waals surface area contributed by atoms with Crippen molar-refractivity contribution in [3.8, 4) is 17.6 Å². The summed E-state index contributed by atoms with van der Waals surface area (Å²) in [7, 11) is 0. The van der Waals surface area contributed by atoms with Crippen LogP contribution in [-0.2, 0) is 0 Å². The first-order chi connectivity index (χ1) is 8.36. The number of H-pyrrole nitrogens is 1. The van der Waals surface area contributed by atoms with Crippen LogP contribution in [0.25, 0.3) is 22.6 Å². The monoisotopic (exact) mass is 221 g/mol. The molecular weight excluding hydrogens is 214 g/mol. The van der Waals surface area contributed by atoms with Gasteiger partial charge in [-0.3, -0.25) is 4.98 Å². The SMILES string of the molecule is N#Cc1ccc2nc(-c3cnccn3)[nH]c2c1. The van der Waals surface area contributed by atoms with Crippen molar-refractivity contribution < 1.29 is 0 Å². The first-order valence-electron chi connectivity index (χ1n) is 5.03. The average Bonchev–Trinajstić information content (AvgIpc) is 2.82. The maximum absolute atomic E-state index is 8.81. The second-order valence-corrected chi connectivity index (χ2v) is 3.52. The minimum atomic E-state index is 0.604. The third kappa shape index (κ3) is 1.62. The summed E-state index contributed by atoms with van der Waals surface area (Å²) in [6.45, 7) is 0. The van der Waals surface area contributed by atoms with Crippen LogP contribution in [0, 0.1) is 11.3 Å². The zero-order valence-electron chi connectivity index (χ0n) is 8.75. The molecule has 1 aromatic carbocycles. The number of nitrogens with one attached hydrogen (secondary N) is 1. The third-order valence-corrected chi connectivity index (χ3v) is 2.42. The van der Waals surface area contributed by atoms with Gasteiger partial charge < -0.3 is 4.98 Å². The van der Waals surface area contributed by atoms with Crippen LogP contribution in [0.15, 0.2) is 36.8 Å². The van der Waals surface area contributed by atoms with Gasteiger partial charge >= 0.3 is 0 Å². The van der Waals surface area contributed by atoms with E-state index in [1.807, 2.05) is 6.07 Å². The van der Waals surface area contributed by atoms with Crippen LogP contribution in [0.5, 0.6) is 0 Å². The molecule has 5 heteroatoms. The number of fused-ring (bicyclic) bond motifs is 1. The summed E-state index contributed by atoms with van der Waals surface area (Å²) in [6, 6.07) is 7.41. The Morgan fingerprint density at radius 1 is 1.24 bits per heavy atom. The number of rotatable bonds is 1. The van der Waals surface area contributed by atoms with E-state index < -0.39 is 0 Å². The minimum Gasteiger partial charge on any atom is -0.337 e. The molecule has 1 N–H and O–H groups in total. The zero-order valence-corrected chi connectivity index (χ0v) is 8.75. The van der Waals surface area contributed by atoms with Crippen LogP contribution in [0.4, 0.5) is 0 Å². The predicted molar refractivity (Wildman–Crippen MR) is 61.8 cm³/mol. The van der Waals surface area contributed by atoms with Crippen molar-refractivity contribution >= 4 is 11.0 Å². The maximum atomic E-state index is 8.81. The molecule has 0 amide bonds. The Labute approximate surface area is 96.8 Å². The summed E-state index contributed by atoms with van der Waals surface area (Å²) in [4.78, 5) is 15.7. The van der Waals surface area contributed by atoms with Gasteiger partial charge in [0, 0.05) is 12.4 Å². The number of nitriles is 1. The molecule has 80 valence electrons. The van der Waals surface area contributed by atoms with Crippen molar-refractivity contribution in [2.24, 2.45) is 0 Å². The van der Waals surface area contributed by atoms with Crippen LogP contribution >= 0.6 is 0 Å². The molecule has 3 rings (SSSR count). The molecule has 0 fully saturated rings. The molecule has 0 unspecified atom stereocenters. The molecule has 0 aliphatic carbocycles. The van der Waals surface area contributed by atoms with Crippen molar-refractivity contribution in [1.29, 1.82) is 5.26 Å². The van der Waals surface area contributed by atoms with Crippen LogP contribution in [-0.4, -0.2) is 19.9 Å². The number of hydrogen-bond donors (Lipinski definition) is 1. The Morgan fingerprint density at radius 2 is 2.18 bits per heavy atom. The van der Waals surface area contributed by atoms with E-state index in [1.165, 1.54) is 0 Å². The van der Waals surface area contributed by atoms with E-state index in [1.54, 1.807) is 30.7 Å². The Hall–Kier alpha value is -2.74. The Bertz CT molecular complexity index is 709. The summed E-state index contributed by atoms with van der Waals surface area (Å²) in [6.07, 6.45) is 4.87. The summed E-state index contributed by atoms with van der Waals surface area (Å²) in [5, 5.41) is 8.81. The van der Waals surface area contributed by atoms with Crippen molar-refractivity contribution in [2.45, 2.75) is 0 Å². The third-order valence-electron chi connectivity index (χ3n) is 2.42. The fourth-order valence-corrected chi connectivity index (χ4v) is 1.62. The molecule has 2 heterocycles. The first kappa shape index (κ1) is 9.48. The number of hydrogen-bond acceptors (Lipinski definition) is 4. The lowest BCUT2D eigenvalue weighted by atomic mass is 10.2. The van der Waals surface area contributed by atoms with Crippen LogP contribution < -0.4 is 0 Å². The molecule has 3 aromatic rings. The van der Waals surface area contributed by atoms with E-state index in [0.29, 0.717) is 17.1 Å². The van der Waals surface area contributed by atoms with Gasteiger partial charge in [0.2, 0.25) is 0 Å². The van der Waals surface area contributed by atoms with Crippen molar-refractivity contribution in [1.82, 2.24) is 19.9 Å². The standard InChI is InChI=1S/C12H7N5/c13-6-8-1-2-9-10(5-8)17-12(16-9)11-7-14-3-4-15-11/h1-5,7H,(H,16,17). The summed E-state index contributed by atoms with van der Waals surface area (Å²) >= 11 is 0. The minimum absolute atomic E-state index is 0.604. The average molecular weight is 221 g/mol.